The van der Waals surface area contributed by atoms with Crippen LogP contribution in [0.3, 0.4) is 0 Å². The van der Waals surface area contributed by atoms with Crippen molar-refractivity contribution < 1.29 is 4.79 Å². The number of carbonyl (C=O) groups is 1. The van der Waals surface area contributed by atoms with Crippen molar-refractivity contribution in [1.29, 1.82) is 0 Å². The van der Waals surface area contributed by atoms with Gasteiger partial charge in [-0.05, 0) is 36.5 Å². The zero-order valence-corrected chi connectivity index (χ0v) is 11.9. The lowest BCUT2D eigenvalue weighted by Crippen LogP contribution is -2.30. The lowest BCUT2D eigenvalue weighted by atomic mass is 10.0. The second-order valence-electron chi connectivity index (χ2n) is 5.16. The van der Waals surface area contributed by atoms with Gasteiger partial charge in [-0.15, -0.1) is 0 Å². The van der Waals surface area contributed by atoms with E-state index in [9.17, 15) is 4.79 Å². The zero-order valence-electron chi connectivity index (χ0n) is 11.1. The normalized spacial score (nSPS) is 20.2. The molecular weight excluding hydrogens is 258 g/mol. The summed E-state index contributed by atoms with van der Waals surface area (Å²) in [4.78, 5) is 18.4. The minimum Gasteiger partial charge on any atom is -0.388 e. The number of aromatic nitrogens is 1. The first-order chi connectivity index (χ1) is 9.06. The molecule has 0 saturated carbocycles. The molecule has 1 aliphatic rings. The molecule has 1 aliphatic heterocycles. The lowest BCUT2D eigenvalue weighted by Gasteiger charge is -2.20. The molecule has 1 fully saturated rings. The Kier molecular flexibility index (Phi) is 4.47. The van der Waals surface area contributed by atoms with Crippen LogP contribution >= 0.6 is 12.2 Å². The Morgan fingerprint density at radius 1 is 1.58 bits per heavy atom. The lowest BCUT2D eigenvalue weighted by molar-refractivity contribution is -0.131. The van der Waals surface area contributed by atoms with Crippen LogP contribution in [0.1, 0.15) is 37.4 Å². The summed E-state index contributed by atoms with van der Waals surface area (Å²) >= 11 is 4.92. The van der Waals surface area contributed by atoms with Crippen LogP contribution in [0.5, 0.6) is 0 Å². The van der Waals surface area contributed by atoms with E-state index < -0.39 is 0 Å². The van der Waals surface area contributed by atoms with E-state index in [1.54, 1.807) is 6.20 Å². The van der Waals surface area contributed by atoms with Crippen molar-refractivity contribution in [2.45, 2.75) is 32.7 Å². The summed E-state index contributed by atoms with van der Waals surface area (Å²) in [6.45, 7) is 3.64. The Morgan fingerprint density at radius 2 is 2.37 bits per heavy atom. The van der Waals surface area contributed by atoms with Gasteiger partial charge in [-0.3, -0.25) is 9.78 Å². The van der Waals surface area contributed by atoms with Crippen LogP contribution < -0.4 is 5.73 Å². The van der Waals surface area contributed by atoms with Gasteiger partial charge in [-0.1, -0.05) is 19.1 Å². The summed E-state index contributed by atoms with van der Waals surface area (Å²) in [7, 11) is 0. The highest BCUT2D eigenvalue weighted by Gasteiger charge is 2.20. The van der Waals surface area contributed by atoms with Gasteiger partial charge in [0.05, 0.1) is 5.69 Å². The molecule has 2 heterocycles. The number of likely N-dealkylation sites (tertiary alicyclic amines) is 1. The molecule has 1 unspecified atom stereocenters. The molecule has 0 radical (unpaired) electrons. The van der Waals surface area contributed by atoms with Gasteiger partial charge in [-0.25, -0.2) is 0 Å². The fourth-order valence-corrected chi connectivity index (χ4v) is 2.38. The molecule has 0 aliphatic carbocycles. The largest absolute Gasteiger partial charge is 0.388 e. The van der Waals surface area contributed by atoms with Gasteiger partial charge < -0.3 is 10.6 Å². The molecule has 2 N–H and O–H groups in total. The zero-order chi connectivity index (χ0) is 13.8. The molecule has 0 aromatic carbocycles. The summed E-state index contributed by atoms with van der Waals surface area (Å²) in [6, 6.07) is 3.77. The topological polar surface area (TPSA) is 59.2 Å². The second kappa shape index (κ2) is 6.10. The van der Waals surface area contributed by atoms with Crippen LogP contribution in [-0.4, -0.2) is 27.3 Å². The number of rotatable bonds is 3. The molecule has 5 heteroatoms. The maximum atomic E-state index is 12.0. The summed E-state index contributed by atoms with van der Waals surface area (Å²) in [5, 5.41) is 0. The molecule has 19 heavy (non-hydrogen) atoms. The van der Waals surface area contributed by atoms with E-state index in [2.05, 4.69) is 11.9 Å². The van der Waals surface area contributed by atoms with Gasteiger partial charge in [0.15, 0.2) is 0 Å². The molecule has 1 aromatic heterocycles. The molecule has 102 valence electrons. The first-order valence-corrected chi connectivity index (χ1v) is 6.99. The number of pyridine rings is 1. The molecule has 0 spiro atoms. The monoisotopic (exact) mass is 277 g/mol. The first-order valence-electron chi connectivity index (χ1n) is 6.59. The van der Waals surface area contributed by atoms with Crippen molar-refractivity contribution in [2.75, 3.05) is 6.54 Å². The highest BCUT2D eigenvalue weighted by atomic mass is 32.1. The summed E-state index contributed by atoms with van der Waals surface area (Å²) in [5.74, 6) is 0.858. The van der Waals surface area contributed by atoms with Gasteiger partial charge >= 0.3 is 0 Å². The molecule has 2 rings (SSSR count). The van der Waals surface area contributed by atoms with Gasteiger partial charge in [0.1, 0.15) is 4.99 Å². The minimum atomic E-state index is 0.234. The maximum absolute atomic E-state index is 12.0. The van der Waals surface area contributed by atoms with E-state index in [1.807, 2.05) is 17.0 Å². The number of nitrogens with two attached hydrogens (primary N) is 1. The standard InChI is InChI=1S/C14H19N3OS/c1-10-2-3-13(18)17(7-5-10)9-11-4-6-16-12(8-11)14(15)19/h4,6,8,10H,2-3,5,7,9H2,1H3,(H2,15,19). The average Bonchev–Trinajstić information content (AvgIpc) is 2.54. The van der Waals surface area contributed by atoms with Crippen LogP contribution in [0.4, 0.5) is 0 Å². The molecular formula is C14H19N3OS. The third-order valence-electron chi connectivity index (χ3n) is 3.55. The number of carbonyl (C=O) groups excluding carboxylic acids is 1. The third kappa shape index (κ3) is 3.73. The van der Waals surface area contributed by atoms with Crippen LogP contribution in [-0.2, 0) is 11.3 Å². The molecule has 4 nitrogen and oxygen atoms in total. The Hall–Kier alpha value is -1.49. The van der Waals surface area contributed by atoms with E-state index in [0.717, 1.165) is 24.9 Å². The van der Waals surface area contributed by atoms with Crippen molar-refractivity contribution in [2.24, 2.45) is 11.7 Å². The second-order valence-corrected chi connectivity index (χ2v) is 5.60. The third-order valence-corrected chi connectivity index (χ3v) is 3.75. The fourth-order valence-electron chi connectivity index (χ4n) is 2.27. The summed E-state index contributed by atoms with van der Waals surface area (Å²) in [6.07, 6.45) is 4.39. The van der Waals surface area contributed by atoms with Crippen molar-refractivity contribution in [3.05, 3.63) is 29.6 Å². The summed E-state index contributed by atoms with van der Waals surface area (Å²) < 4.78 is 0. The summed E-state index contributed by atoms with van der Waals surface area (Å²) in [5.41, 5.74) is 7.22. The van der Waals surface area contributed by atoms with Crippen molar-refractivity contribution in [1.82, 2.24) is 9.88 Å². The average molecular weight is 277 g/mol. The molecule has 1 aromatic rings. The van der Waals surface area contributed by atoms with E-state index in [-0.39, 0.29) is 10.9 Å². The van der Waals surface area contributed by atoms with Crippen LogP contribution in [0, 0.1) is 5.92 Å². The van der Waals surface area contributed by atoms with Crippen molar-refractivity contribution >= 4 is 23.1 Å². The van der Waals surface area contributed by atoms with Crippen molar-refractivity contribution in [3.8, 4) is 0 Å². The molecule has 1 saturated heterocycles. The Morgan fingerprint density at radius 3 is 3.11 bits per heavy atom. The highest BCUT2D eigenvalue weighted by molar-refractivity contribution is 7.80. The number of nitrogens with zero attached hydrogens (tertiary/aromatic N) is 2. The van der Waals surface area contributed by atoms with Crippen LogP contribution in [0.2, 0.25) is 0 Å². The van der Waals surface area contributed by atoms with E-state index in [4.69, 9.17) is 18.0 Å². The minimum absolute atomic E-state index is 0.234. The van der Waals surface area contributed by atoms with Gasteiger partial charge in [0.25, 0.3) is 0 Å². The Bertz CT molecular complexity index is 489. The van der Waals surface area contributed by atoms with Gasteiger partial charge in [0.2, 0.25) is 5.91 Å². The van der Waals surface area contributed by atoms with E-state index >= 15 is 0 Å². The maximum Gasteiger partial charge on any atom is 0.222 e. The SMILES string of the molecule is CC1CCC(=O)N(Cc2ccnc(C(N)=S)c2)CC1. The molecule has 1 atom stereocenters. The smallest absolute Gasteiger partial charge is 0.222 e. The van der Waals surface area contributed by atoms with Gasteiger partial charge in [0, 0.05) is 25.7 Å². The Labute approximate surface area is 119 Å². The van der Waals surface area contributed by atoms with Crippen molar-refractivity contribution in [3.63, 3.8) is 0 Å². The molecule has 0 bridgehead atoms. The van der Waals surface area contributed by atoms with E-state index in [1.165, 1.54) is 0 Å². The van der Waals surface area contributed by atoms with Crippen LogP contribution in [0.25, 0.3) is 0 Å². The molecule has 1 amide bonds. The quantitative estimate of drug-likeness (QED) is 0.857. The van der Waals surface area contributed by atoms with Crippen LogP contribution in [0.15, 0.2) is 18.3 Å². The fraction of sp³-hybridized carbons (Fsp3) is 0.500. The predicted molar refractivity (Wildman–Crippen MR) is 78.6 cm³/mol. The predicted octanol–water partition coefficient (Wildman–Crippen LogP) is 1.86. The highest BCUT2D eigenvalue weighted by Crippen LogP contribution is 2.19. The Balaban J connectivity index is 2.09. The number of amides is 1. The number of hydrogen-bond donors (Lipinski definition) is 1. The van der Waals surface area contributed by atoms with E-state index in [0.29, 0.717) is 24.6 Å². The first kappa shape index (κ1) is 13.9. The number of hydrogen-bond acceptors (Lipinski definition) is 3. The van der Waals surface area contributed by atoms with Gasteiger partial charge in [-0.2, -0.15) is 0 Å². The number of thiocarbonyl (C=S) groups is 1.